The maximum Gasteiger partial charge on any atom is 0.306 e. The lowest BCUT2D eigenvalue weighted by Gasteiger charge is -2.32. The van der Waals surface area contributed by atoms with Crippen molar-refractivity contribution in [2.75, 3.05) is 5.32 Å². The number of hydrogen-bond acceptors (Lipinski definition) is 7. The van der Waals surface area contributed by atoms with Gasteiger partial charge in [0, 0.05) is 11.9 Å². The Bertz CT molecular complexity index is 1130. The summed E-state index contributed by atoms with van der Waals surface area (Å²) < 4.78 is 0. The third-order valence-corrected chi connectivity index (χ3v) is 7.21. The van der Waals surface area contributed by atoms with Crippen LogP contribution in [0, 0.1) is 19.8 Å². The van der Waals surface area contributed by atoms with Crippen LogP contribution in [-0.4, -0.2) is 31.1 Å². The average Bonchev–Trinajstić information content (AvgIpc) is 3.22. The van der Waals surface area contributed by atoms with Crippen LogP contribution in [0.25, 0.3) is 10.4 Å². The van der Waals surface area contributed by atoms with Crippen molar-refractivity contribution in [1.29, 1.82) is 0 Å². The molecular formula is C22H23ClN4O3S. The summed E-state index contributed by atoms with van der Waals surface area (Å²) in [5.41, 5.74) is 2.51. The molecule has 1 aromatic carbocycles. The van der Waals surface area contributed by atoms with Crippen molar-refractivity contribution in [2.45, 2.75) is 45.1 Å². The van der Waals surface area contributed by atoms with Crippen molar-refractivity contribution in [1.82, 2.24) is 15.0 Å². The average molecular weight is 459 g/mol. The Morgan fingerprint density at radius 3 is 2.61 bits per heavy atom. The van der Waals surface area contributed by atoms with E-state index in [-0.39, 0.29) is 5.92 Å². The Balaban J connectivity index is 1.56. The number of benzene rings is 1. The molecule has 1 aliphatic rings. The summed E-state index contributed by atoms with van der Waals surface area (Å²) in [6.07, 6.45) is 5.07. The first kappa shape index (κ1) is 21.7. The third kappa shape index (κ3) is 4.71. The lowest BCUT2D eigenvalue weighted by molar-refractivity contribution is -0.145. The number of aromatic nitrogens is 3. The topological polar surface area (TPSA) is 108 Å². The molecule has 0 spiro atoms. The highest BCUT2D eigenvalue weighted by Crippen LogP contribution is 2.43. The van der Waals surface area contributed by atoms with E-state index in [0.717, 1.165) is 21.7 Å². The van der Waals surface area contributed by atoms with Gasteiger partial charge in [-0.25, -0.2) is 15.0 Å². The monoisotopic (exact) mass is 458 g/mol. The van der Waals surface area contributed by atoms with Gasteiger partial charge in [-0.3, -0.25) is 4.79 Å². The minimum Gasteiger partial charge on any atom is -0.481 e. The molecule has 0 atom stereocenters. The molecule has 162 valence electrons. The van der Waals surface area contributed by atoms with Gasteiger partial charge in [-0.2, -0.15) is 0 Å². The standard InChI is InChI=1S/C22H23ClN4O3S/c1-12-7-15(9-16(8-12)27-21-25-10-17(23)13(2)26-21)18-11-24-20(31-18)22(30)5-3-14(4-6-22)19(28)29/h7-11,14,30H,3-6H2,1-2H3,(H,28,29)(H,25,26,27)/t14-,22-. The van der Waals surface area contributed by atoms with E-state index in [4.69, 9.17) is 11.6 Å². The van der Waals surface area contributed by atoms with Crippen molar-refractivity contribution < 1.29 is 15.0 Å². The third-order valence-electron chi connectivity index (χ3n) is 5.60. The molecule has 0 amide bonds. The summed E-state index contributed by atoms with van der Waals surface area (Å²) >= 11 is 7.45. The number of thiazole rings is 1. The highest BCUT2D eigenvalue weighted by atomic mass is 35.5. The first-order chi connectivity index (χ1) is 14.7. The van der Waals surface area contributed by atoms with Gasteiger partial charge in [0.05, 0.1) is 27.7 Å². The lowest BCUT2D eigenvalue weighted by Crippen LogP contribution is -2.33. The molecule has 3 N–H and O–H groups in total. The van der Waals surface area contributed by atoms with Crippen molar-refractivity contribution in [3.8, 4) is 10.4 Å². The maximum atomic E-state index is 11.2. The van der Waals surface area contributed by atoms with E-state index in [1.165, 1.54) is 11.3 Å². The van der Waals surface area contributed by atoms with Crippen LogP contribution in [0.2, 0.25) is 5.02 Å². The predicted octanol–water partition coefficient (Wildman–Crippen LogP) is 5.08. The minimum absolute atomic E-state index is 0.385. The molecule has 7 nitrogen and oxygen atoms in total. The number of hydrogen-bond donors (Lipinski definition) is 3. The minimum atomic E-state index is -1.06. The first-order valence-electron chi connectivity index (χ1n) is 10.0. The molecule has 0 saturated heterocycles. The van der Waals surface area contributed by atoms with Gasteiger partial charge in [-0.1, -0.05) is 17.7 Å². The van der Waals surface area contributed by atoms with E-state index in [9.17, 15) is 15.0 Å². The molecular weight excluding hydrogens is 436 g/mol. The highest BCUT2D eigenvalue weighted by Gasteiger charge is 2.39. The quantitative estimate of drug-likeness (QED) is 0.489. The summed E-state index contributed by atoms with van der Waals surface area (Å²) in [5.74, 6) is -0.710. The van der Waals surface area contributed by atoms with E-state index in [1.807, 2.05) is 26.0 Å². The Kier molecular flexibility index (Phi) is 5.96. The number of nitrogens with zero attached hydrogens (tertiary/aromatic N) is 3. The zero-order valence-electron chi connectivity index (χ0n) is 17.2. The van der Waals surface area contributed by atoms with Crippen LogP contribution >= 0.6 is 22.9 Å². The van der Waals surface area contributed by atoms with Gasteiger partial charge in [0.2, 0.25) is 5.95 Å². The van der Waals surface area contributed by atoms with Crippen LogP contribution in [0.15, 0.2) is 30.6 Å². The van der Waals surface area contributed by atoms with Crippen LogP contribution in [-0.2, 0) is 10.4 Å². The Morgan fingerprint density at radius 1 is 1.19 bits per heavy atom. The second-order valence-electron chi connectivity index (χ2n) is 8.01. The molecule has 1 saturated carbocycles. The number of carbonyl (C=O) groups is 1. The van der Waals surface area contributed by atoms with Gasteiger partial charge in [0.1, 0.15) is 10.6 Å². The van der Waals surface area contributed by atoms with E-state index in [0.29, 0.717) is 47.4 Å². The number of aliphatic hydroxyl groups is 1. The fourth-order valence-electron chi connectivity index (χ4n) is 3.82. The Hall–Kier alpha value is -2.55. The van der Waals surface area contributed by atoms with E-state index in [1.54, 1.807) is 12.4 Å². The summed E-state index contributed by atoms with van der Waals surface area (Å²) in [7, 11) is 0. The number of nitrogens with one attached hydrogen (secondary N) is 1. The number of aliphatic carboxylic acids is 1. The fourth-order valence-corrected chi connectivity index (χ4v) is 4.96. The number of carboxylic acids is 1. The van der Waals surface area contributed by atoms with Gasteiger partial charge in [0.25, 0.3) is 0 Å². The molecule has 1 aliphatic carbocycles. The highest BCUT2D eigenvalue weighted by molar-refractivity contribution is 7.15. The number of rotatable bonds is 5. The molecule has 2 heterocycles. The van der Waals surface area contributed by atoms with Crippen molar-refractivity contribution in [2.24, 2.45) is 5.92 Å². The molecule has 0 bridgehead atoms. The molecule has 31 heavy (non-hydrogen) atoms. The van der Waals surface area contributed by atoms with Gasteiger partial charge in [0.15, 0.2) is 0 Å². The summed E-state index contributed by atoms with van der Waals surface area (Å²) in [5, 5.41) is 24.6. The fraction of sp³-hybridized carbons (Fsp3) is 0.364. The lowest BCUT2D eigenvalue weighted by atomic mass is 9.79. The van der Waals surface area contributed by atoms with Gasteiger partial charge < -0.3 is 15.5 Å². The number of halogens is 1. The van der Waals surface area contributed by atoms with Crippen molar-refractivity contribution in [3.63, 3.8) is 0 Å². The maximum absolute atomic E-state index is 11.2. The van der Waals surface area contributed by atoms with E-state index >= 15 is 0 Å². The SMILES string of the molecule is Cc1cc(Nc2ncc(Cl)c(C)n2)cc(-c2cnc([C@]3(O)CC[C@H](C(=O)O)CC3)s2)c1. The second-order valence-corrected chi connectivity index (χ2v) is 9.45. The Morgan fingerprint density at radius 2 is 1.94 bits per heavy atom. The number of aryl methyl sites for hydroxylation is 2. The zero-order valence-corrected chi connectivity index (χ0v) is 18.8. The number of anilines is 2. The smallest absolute Gasteiger partial charge is 0.306 e. The van der Waals surface area contributed by atoms with Gasteiger partial charge in [-0.05, 0) is 62.8 Å². The Labute approximate surface area is 189 Å². The van der Waals surface area contributed by atoms with E-state index in [2.05, 4.69) is 26.3 Å². The molecule has 0 aliphatic heterocycles. The van der Waals surface area contributed by atoms with Crippen molar-refractivity contribution >= 4 is 40.5 Å². The van der Waals surface area contributed by atoms with Crippen LogP contribution in [0.5, 0.6) is 0 Å². The van der Waals surface area contributed by atoms with Crippen LogP contribution < -0.4 is 5.32 Å². The summed E-state index contributed by atoms with van der Waals surface area (Å²) in [4.78, 5) is 25.2. The largest absolute Gasteiger partial charge is 0.481 e. The number of carboxylic acid groups (broad SMARTS) is 1. The molecule has 3 aromatic rings. The molecule has 9 heteroatoms. The molecule has 0 unspecified atom stereocenters. The normalized spacial score (nSPS) is 21.1. The van der Waals surface area contributed by atoms with Gasteiger partial charge in [-0.15, -0.1) is 11.3 Å². The molecule has 1 fully saturated rings. The predicted molar refractivity (Wildman–Crippen MR) is 121 cm³/mol. The van der Waals surface area contributed by atoms with E-state index < -0.39 is 11.6 Å². The molecule has 2 aromatic heterocycles. The van der Waals surface area contributed by atoms with Gasteiger partial charge >= 0.3 is 5.97 Å². The van der Waals surface area contributed by atoms with Crippen LogP contribution in [0.4, 0.5) is 11.6 Å². The van der Waals surface area contributed by atoms with Crippen molar-refractivity contribution in [3.05, 3.63) is 51.9 Å². The zero-order chi connectivity index (χ0) is 22.2. The molecule has 4 rings (SSSR count). The molecule has 0 radical (unpaired) electrons. The van der Waals surface area contributed by atoms with Crippen LogP contribution in [0.3, 0.4) is 0 Å². The second kappa shape index (κ2) is 8.53. The first-order valence-corrected chi connectivity index (χ1v) is 11.2. The summed E-state index contributed by atoms with van der Waals surface area (Å²) in [6, 6.07) is 6.05. The van der Waals surface area contributed by atoms with Crippen LogP contribution in [0.1, 0.15) is 41.9 Å². The summed E-state index contributed by atoms with van der Waals surface area (Å²) in [6.45, 7) is 3.83.